The van der Waals surface area contributed by atoms with Gasteiger partial charge in [0.2, 0.25) is 0 Å². The van der Waals surface area contributed by atoms with Crippen molar-refractivity contribution >= 4 is 39.9 Å². The predicted molar refractivity (Wildman–Crippen MR) is 109 cm³/mol. The molecule has 5 nitrogen and oxygen atoms in total. The quantitative estimate of drug-likeness (QED) is 0.706. The zero-order valence-corrected chi connectivity index (χ0v) is 15.6. The fraction of sp³-hybridized carbons (Fsp3) is 0.238. The maximum atomic E-state index is 12.2. The van der Waals surface area contributed by atoms with E-state index in [1.54, 1.807) is 24.3 Å². The third kappa shape index (κ3) is 4.14. The topological polar surface area (TPSA) is 54.5 Å². The number of amides is 1. The minimum absolute atomic E-state index is 0.0960. The van der Waals surface area contributed by atoms with Gasteiger partial charge >= 0.3 is 0 Å². The van der Waals surface area contributed by atoms with Crippen LogP contribution in [0.15, 0.2) is 54.6 Å². The van der Waals surface area contributed by atoms with Gasteiger partial charge in [0.15, 0.2) is 6.61 Å². The van der Waals surface area contributed by atoms with Crippen LogP contribution in [-0.4, -0.2) is 30.6 Å². The first kappa shape index (κ1) is 17.6. The molecule has 1 N–H and O–H groups in total. The average molecular weight is 382 g/mol. The normalized spacial score (nSPS) is 13.7. The van der Waals surface area contributed by atoms with Crippen LogP contribution in [0.1, 0.15) is 12.8 Å². The van der Waals surface area contributed by atoms with E-state index in [1.807, 2.05) is 24.3 Å². The number of carbonyl (C=O) groups is 1. The van der Waals surface area contributed by atoms with Gasteiger partial charge < -0.3 is 15.0 Å². The number of anilines is 2. The van der Waals surface area contributed by atoms with Crippen molar-refractivity contribution in [2.45, 2.75) is 12.8 Å². The number of nitrogens with zero attached hydrogens (tertiary/aromatic N) is 2. The van der Waals surface area contributed by atoms with Crippen LogP contribution in [0.5, 0.6) is 5.75 Å². The van der Waals surface area contributed by atoms with Crippen molar-refractivity contribution in [2.75, 3.05) is 29.9 Å². The van der Waals surface area contributed by atoms with Crippen molar-refractivity contribution in [3.63, 3.8) is 0 Å². The van der Waals surface area contributed by atoms with Crippen LogP contribution < -0.4 is 15.0 Å². The van der Waals surface area contributed by atoms with E-state index in [0.29, 0.717) is 16.5 Å². The number of halogens is 1. The molecule has 0 saturated carbocycles. The Bertz CT molecular complexity index is 971. The lowest BCUT2D eigenvalue weighted by Gasteiger charge is -2.17. The molecule has 1 fully saturated rings. The van der Waals surface area contributed by atoms with Gasteiger partial charge in [0.1, 0.15) is 17.1 Å². The van der Waals surface area contributed by atoms with Crippen LogP contribution in [0.3, 0.4) is 0 Å². The van der Waals surface area contributed by atoms with Crippen molar-refractivity contribution in [3.05, 3.63) is 59.6 Å². The van der Waals surface area contributed by atoms with Crippen molar-refractivity contribution in [3.8, 4) is 5.75 Å². The molecule has 2 heterocycles. The molecule has 0 radical (unpaired) electrons. The number of hydrogen-bond donors (Lipinski definition) is 1. The van der Waals surface area contributed by atoms with Gasteiger partial charge in [-0.25, -0.2) is 4.98 Å². The second-order valence-electron chi connectivity index (χ2n) is 6.54. The van der Waals surface area contributed by atoms with Gasteiger partial charge in [-0.2, -0.15) is 0 Å². The summed E-state index contributed by atoms with van der Waals surface area (Å²) in [5.74, 6) is 1.32. The molecule has 0 aliphatic carbocycles. The van der Waals surface area contributed by atoms with Gasteiger partial charge in [-0.05, 0) is 49.2 Å². The van der Waals surface area contributed by atoms with E-state index >= 15 is 0 Å². The highest BCUT2D eigenvalue weighted by Crippen LogP contribution is 2.28. The molecule has 1 aromatic heterocycles. The fourth-order valence-corrected chi connectivity index (χ4v) is 3.45. The van der Waals surface area contributed by atoms with Gasteiger partial charge in [-0.1, -0.05) is 29.8 Å². The van der Waals surface area contributed by atoms with Crippen molar-refractivity contribution in [2.24, 2.45) is 0 Å². The Morgan fingerprint density at radius 1 is 1.11 bits per heavy atom. The lowest BCUT2D eigenvalue weighted by molar-refractivity contribution is -0.118. The molecule has 0 unspecified atom stereocenters. The largest absolute Gasteiger partial charge is 0.481 e. The van der Waals surface area contributed by atoms with Crippen LogP contribution in [0.4, 0.5) is 11.5 Å². The number of nitrogens with one attached hydrogen (secondary N) is 1. The summed E-state index contributed by atoms with van der Waals surface area (Å²) in [5, 5.41) is 4.34. The molecule has 0 bridgehead atoms. The Morgan fingerprint density at radius 3 is 2.74 bits per heavy atom. The summed E-state index contributed by atoms with van der Waals surface area (Å²) in [4.78, 5) is 19.3. The number of rotatable bonds is 5. The van der Waals surface area contributed by atoms with E-state index in [-0.39, 0.29) is 12.5 Å². The van der Waals surface area contributed by atoms with Crippen molar-refractivity contribution in [1.82, 2.24) is 4.98 Å². The molecular formula is C21H20ClN3O2. The molecule has 3 aromatic rings. The molecule has 0 atom stereocenters. The Hall–Kier alpha value is -2.79. The van der Waals surface area contributed by atoms with Gasteiger partial charge in [0, 0.05) is 29.2 Å². The second-order valence-corrected chi connectivity index (χ2v) is 6.98. The first-order chi connectivity index (χ1) is 13.2. The van der Waals surface area contributed by atoms with E-state index in [9.17, 15) is 4.79 Å². The highest BCUT2D eigenvalue weighted by Gasteiger charge is 2.15. The van der Waals surface area contributed by atoms with Gasteiger partial charge in [-0.15, -0.1) is 0 Å². The first-order valence-electron chi connectivity index (χ1n) is 9.02. The van der Waals surface area contributed by atoms with Crippen LogP contribution in [0.2, 0.25) is 5.02 Å². The standard InChI is InChI=1S/C21H20ClN3O2/c22-16-6-4-7-17(13-16)23-20(26)14-27-18-8-3-5-15-9-10-19(24-21(15)18)25-11-1-2-12-25/h3-10,13H,1-2,11-12,14H2,(H,23,26). The molecule has 2 aromatic carbocycles. The predicted octanol–water partition coefficient (Wildman–Crippen LogP) is 4.51. The van der Waals surface area contributed by atoms with Crippen molar-refractivity contribution < 1.29 is 9.53 Å². The summed E-state index contributed by atoms with van der Waals surface area (Å²) in [7, 11) is 0. The zero-order valence-electron chi connectivity index (χ0n) is 14.8. The number of ether oxygens (including phenoxy) is 1. The summed E-state index contributed by atoms with van der Waals surface area (Å²) >= 11 is 5.94. The summed E-state index contributed by atoms with van der Waals surface area (Å²) < 4.78 is 5.78. The van der Waals surface area contributed by atoms with E-state index in [1.165, 1.54) is 12.8 Å². The Balaban J connectivity index is 1.49. The fourth-order valence-electron chi connectivity index (χ4n) is 3.26. The number of benzene rings is 2. The summed E-state index contributed by atoms with van der Waals surface area (Å²) in [6, 6.07) is 16.9. The van der Waals surface area contributed by atoms with Crippen LogP contribution in [0, 0.1) is 0 Å². The SMILES string of the molecule is O=C(COc1cccc2ccc(N3CCCC3)nc12)Nc1cccc(Cl)c1. The molecular weight excluding hydrogens is 362 g/mol. The molecule has 4 rings (SSSR count). The number of aromatic nitrogens is 1. The summed E-state index contributed by atoms with van der Waals surface area (Å²) in [5.41, 5.74) is 1.42. The van der Waals surface area contributed by atoms with Crippen molar-refractivity contribution in [1.29, 1.82) is 0 Å². The Labute approximate surface area is 162 Å². The third-order valence-electron chi connectivity index (χ3n) is 4.57. The summed E-state index contributed by atoms with van der Waals surface area (Å²) in [6.45, 7) is 1.97. The number of pyridine rings is 1. The minimum Gasteiger partial charge on any atom is -0.481 e. The third-order valence-corrected chi connectivity index (χ3v) is 4.80. The monoisotopic (exact) mass is 381 g/mol. The molecule has 1 aliphatic rings. The van der Waals surface area contributed by atoms with E-state index < -0.39 is 0 Å². The van der Waals surface area contributed by atoms with Crippen LogP contribution >= 0.6 is 11.6 Å². The number of carbonyl (C=O) groups excluding carboxylic acids is 1. The molecule has 1 amide bonds. The molecule has 6 heteroatoms. The van der Waals surface area contributed by atoms with Gasteiger partial charge in [-0.3, -0.25) is 4.79 Å². The molecule has 1 saturated heterocycles. The Kier molecular flexibility index (Phi) is 5.12. The van der Waals surface area contributed by atoms with Gasteiger partial charge in [0.05, 0.1) is 0 Å². The minimum atomic E-state index is -0.245. The maximum absolute atomic E-state index is 12.2. The average Bonchev–Trinajstić information content (AvgIpc) is 3.21. The highest BCUT2D eigenvalue weighted by molar-refractivity contribution is 6.30. The molecule has 0 spiro atoms. The Morgan fingerprint density at radius 2 is 1.93 bits per heavy atom. The van der Waals surface area contributed by atoms with E-state index in [0.717, 1.165) is 29.8 Å². The molecule has 138 valence electrons. The second kappa shape index (κ2) is 7.84. The van der Waals surface area contributed by atoms with Gasteiger partial charge in [0.25, 0.3) is 5.91 Å². The smallest absolute Gasteiger partial charge is 0.262 e. The molecule has 27 heavy (non-hydrogen) atoms. The van der Waals surface area contributed by atoms with E-state index in [2.05, 4.69) is 16.3 Å². The van der Waals surface area contributed by atoms with Crippen LogP contribution in [0.25, 0.3) is 10.9 Å². The van der Waals surface area contributed by atoms with Crippen LogP contribution in [-0.2, 0) is 4.79 Å². The van der Waals surface area contributed by atoms with E-state index in [4.69, 9.17) is 21.3 Å². The summed E-state index contributed by atoms with van der Waals surface area (Å²) in [6.07, 6.45) is 2.39. The highest BCUT2D eigenvalue weighted by atomic mass is 35.5. The maximum Gasteiger partial charge on any atom is 0.262 e. The number of para-hydroxylation sites is 1. The zero-order chi connectivity index (χ0) is 18.6. The lowest BCUT2D eigenvalue weighted by Crippen LogP contribution is -2.20. The number of hydrogen-bond acceptors (Lipinski definition) is 4. The number of fused-ring (bicyclic) bond motifs is 1. The lowest BCUT2D eigenvalue weighted by atomic mass is 10.2. The molecule has 1 aliphatic heterocycles. The first-order valence-corrected chi connectivity index (χ1v) is 9.40.